The van der Waals surface area contributed by atoms with E-state index in [1.54, 1.807) is 0 Å². The van der Waals surface area contributed by atoms with E-state index in [9.17, 15) is 29.4 Å². The van der Waals surface area contributed by atoms with Crippen LogP contribution in [0.1, 0.15) is 426 Å². The number of hydrogen-bond acceptors (Lipinski definition) is 8. The minimum absolute atomic E-state index is 0. The Morgan fingerprint density at radius 1 is 0.235 bits per heavy atom. The van der Waals surface area contributed by atoms with Crippen LogP contribution in [0.2, 0.25) is 0 Å². The Bertz CT molecular complexity index is 1170. The standard InChI is InChI=1S/2C36H70O4.Ca/c2*1-3-5-7-9-11-13-15-16-17-18-19-21-23-25-27-33-36(39)40-34(31-28-29-32-35(37)38)30-26-24-22-20-14-12-10-8-6-4-2;/h2*34H,3-33H2,1-2H3,(H,37,38);/q;;+2/p-2. The maximum atomic E-state index is 12.5. The van der Waals surface area contributed by atoms with Crippen molar-refractivity contribution in [3.8, 4) is 0 Å². The van der Waals surface area contributed by atoms with Crippen molar-refractivity contribution in [2.75, 3.05) is 0 Å². The fraction of sp³-hybridized carbons (Fsp3) is 0.944. The van der Waals surface area contributed by atoms with Crippen molar-refractivity contribution < 1.29 is 38.9 Å². The maximum absolute atomic E-state index is 12.5. The van der Waals surface area contributed by atoms with Crippen LogP contribution in [0.3, 0.4) is 0 Å². The summed E-state index contributed by atoms with van der Waals surface area (Å²) >= 11 is 0. The summed E-state index contributed by atoms with van der Waals surface area (Å²) in [5, 5.41) is 21.4. The molecule has 0 aromatic heterocycles. The Morgan fingerprint density at radius 2 is 0.383 bits per heavy atom. The second-order valence-corrected chi connectivity index (χ2v) is 24.8. The fourth-order valence-electron chi connectivity index (χ4n) is 11.3. The number of ether oxygens (including phenoxy) is 2. The molecule has 0 heterocycles. The van der Waals surface area contributed by atoms with Gasteiger partial charge in [0.05, 0.1) is 0 Å². The van der Waals surface area contributed by atoms with Gasteiger partial charge in [0.2, 0.25) is 0 Å². The van der Waals surface area contributed by atoms with Gasteiger partial charge in [0.25, 0.3) is 0 Å². The van der Waals surface area contributed by atoms with Crippen molar-refractivity contribution in [3.05, 3.63) is 0 Å². The molecule has 0 bridgehead atoms. The molecule has 0 saturated carbocycles. The SMILES string of the molecule is CCCCCCCCCCCCCCCCCC(=O)OC(CCCCCCCCCCCC)CCCCC(=O)[O-].CCCCCCCCCCCCCCCCCC(=O)OC(CCCCCCCCCCCC)CCCCC(=O)[O-].[Ca+2]. The number of rotatable bonds is 66. The van der Waals surface area contributed by atoms with Crippen molar-refractivity contribution >= 4 is 61.6 Å². The normalized spacial score (nSPS) is 11.9. The molecular formula is C72H138CaO8. The minimum Gasteiger partial charge on any atom is -0.550 e. The van der Waals surface area contributed by atoms with Gasteiger partial charge in [0.15, 0.2) is 0 Å². The average Bonchev–Trinajstić information content (AvgIpc) is 3.44. The Kier molecular flexibility index (Phi) is 76.4. The molecule has 0 rings (SSSR count). The molecule has 0 saturated heterocycles. The Hall–Kier alpha value is -0.860. The summed E-state index contributed by atoms with van der Waals surface area (Å²) in [7, 11) is 0. The van der Waals surface area contributed by atoms with Gasteiger partial charge in [-0.05, 0) is 89.9 Å². The van der Waals surface area contributed by atoms with Gasteiger partial charge >= 0.3 is 49.7 Å². The first kappa shape index (κ1) is 84.3. The van der Waals surface area contributed by atoms with E-state index in [0.717, 1.165) is 77.0 Å². The first-order valence-corrected chi connectivity index (χ1v) is 36.0. The molecule has 81 heavy (non-hydrogen) atoms. The van der Waals surface area contributed by atoms with Gasteiger partial charge < -0.3 is 29.3 Å². The van der Waals surface area contributed by atoms with Crippen LogP contribution in [0, 0.1) is 0 Å². The van der Waals surface area contributed by atoms with Gasteiger partial charge in [0, 0.05) is 24.8 Å². The van der Waals surface area contributed by atoms with Gasteiger partial charge in [0.1, 0.15) is 12.2 Å². The monoisotopic (exact) mass is 1170 g/mol. The van der Waals surface area contributed by atoms with E-state index < -0.39 is 11.9 Å². The van der Waals surface area contributed by atoms with Crippen LogP contribution in [-0.2, 0) is 28.7 Å². The van der Waals surface area contributed by atoms with E-state index in [1.165, 1.54) is 283 Å². The van der Waals surface area contributed by atoms with Crippen molar-refractivity contribution in [3.63, 3.8) is 0 Å². The number of esters is 2. The zero-order valence-corrected chi connectivity index (χ0v) is 57.2. The topological polar surface area (TPSA) is 133 Å². The van der Waals surface area contributed by atoms with E-state index >= 15 is 0 Å². The molecular weight excluding hydrogens is 1030 g/mol. The summed E-state index contributed by atoms with van der Waals surface area (Å²) in [6.07, 6.45) is 72.8. The first-order chi connectivity index (χ1) is 39.2. The largest absolute Gasteiger partial charge is 2.00 e. The van der Waals surface area contributed by atoms with Crippen LogP contribution in [0.15, 0.2) is 0 Å². The number of carbonyl (C=O) groups excluding carboxylic acids is 4. The number of aliphatic carboxylic acids is 2. The summed E-state index contributed by atoms with van der Waals surface area (Å²) in [6, 6.07) is 0. The number of carbonyl (C=O) groups is 4. The zero-order valence-electron chi connectivity index (χ0n) is 55.0. The van der Waals surface area contributed by atoms with E-state index in [-0.39, 0.29) is 74.7 Å². The molecule has 0 aliphatic rings. The third-order valence-corrected chi connectivity index (χ3v) is 16.6. The second-order valence-electron chi connectivity index (χ2n) is 24.8. The summed E-state index contributed by atoms with van der Waals surface area (Å²) in [6.45, 7) is 9.07. The molecule has 0 aromatic carbocycles. The van der Waals surface area contributed by atoms with Crippen molar-refractivity contribution in [1.29, 1.82) is 0 Å². The first-order valence-electron chi connectivity index (χ1n) is 36.0. The smallest absolute Gasteiger partial charge is 0.550 e. The van der Waals surface area contributed by atoms with E-state index in [4.69, 9.17) is 9.47 Å². The summed E-state index contributed by atoms with van der Waals surface area (Å²) < 4.78 is 11.7. The van der Waals surface area contributed by atoms with Crippen LogP contribution < -0.4 is 10.2 Å². The van der Waals surface area contributed by atoms with Gasteiger partial charge in [-0.15, -0.1) is 0 Å². The predicted molar refractivity (Wildman–Crippen MR) is 344 cm³/mol. The molecule has 2 atom stereocenters. The van der Waals surface area contributed by atoms with Crippen LogP contribution in [0.4, 0.5) is 0 Å². The quantitative estimate of drug-likeness (QED) is 0.0334. The zero-order chi connectivity index (χ0) is 58.7. The molecule has 8 nitrogen and oxygen atoms in total. The summed E-state index contributed by atoms with van der Waals surface area (Å²) in [5.41, 5.74) is 0. The van der Waals surface area contributed by atoms with E-state index in [0.29, 0.717) is 25.7 Å². The fourth-order valence-corrected chi connectivity index (χ4v) is 11.3. The molecule has 0 N–H and O–H groups in total. The van der Waals surface area contributed by atoms with Gasteiger partial charge in [-0.2, -0.15) is 0 Å². The maximum Gasteiger partial charge on any atom is 2.00 e. The van der Waals surface area contributed by atoms with E-state index in [1.807, 2.05) is 0 Å². The third kappa shape index (κ3) is 75.2. The van der Waals surface area contributed by atoms with Crippen LogP contribution in [-0.4, -0.2) is 73.8 Å². The predicted octanol–water partition coefficient (Wildman–Crippen LogP) is 21.2. The molecule has 0 spiro atoms. The summed E-state index contributed by atoms with van der Waals surface area (Å²) in [4.78, 5) is 46.4. The molecule has 0 amide bonds. The van der Waals surface area contributed by atoms with Gasteiger partial charge in [-0.25, -0.2) is 0 Å². The van der Waals surface area contributed by atoms with Crippen LogP contribution in [0.25, 0.3) is 0 Å². The Labute approximate surface area is 534 Å². The van der Waals surface area contributed by atoms with Crippen LogP contribution in [0.5, 0.6) is 0 Å². The Morgan fingerprint density at radius 3 is 0.568 bits per heavy atom. The second kappa shape index (κ2) is 73.4. The number of unbranched alkanes of at least 4 members (excludes halogenated alkanes) is 48. The van der Waals surface area contributed by atoms with Gasteiger partial charge in [-0.1, -0.05) is 323 Å². The molecule has 476 valence electrons. The molecule has 0 aromatic rings. The summed E-state index contributed by atoms with van der Waals surface area (Å²) in [5.74, 6) is -2.11. The molecule has 0 aliphatic carbocycles. The number of carboxylic acid groups (broad SMARTS) is 2. The molecule has 9 heteroatoms. The number of carboxylic acids is 2. The molecule has 0 aliphatic heterocycles. The molecule has 2 unspecified atom stereocenters. The third-order valence-electron chi connectivity index (χ3n) is 16.6. The molecule has 0 fully saturated rings. The Balaban J connectivity index is -0.00000148. The number of hydrogen-bond donors (Lipinski definition) is 0. The average molecular weight is 1170 g/mol. The van der Waals surface area contributed by atoms with Crippen molar-refractivity contribution in [1.82, 2.24) is 0 Å². The van der Waals surface area contributed by atoms with Crippen molar-refractivity contribution in [2.24, 2.45) is 0 Å². The van der Waals surface area contributed by atoms with Crippen LogP contribution >= 0.6 is 0 Å². The van der Waals surface area contributed by atoms with Gasteiger partial charge in [-0.3, -0.25) is 9.59 Å². The van der Waals surface area contributed by atoms with Crippen molar-refractivity contribution in [2.45, 2.75) is 438 Å². The van der Waals surface area contributed by atoms with E-state index in [2.05, 4.69) is 27.7 Å². The molecule has 0 radical (unpaired) electrons. The minimum atomic E-state index is -0.989.